The molecule has 2 aliphatic heterocycles. The number of benzene rings is 2. The topological polar surface area (TPSA) is 140 Å². The first-order valence-electron chi connectivity index (χ1n) is 17.0. The van der Waals surface area contributed by atoms with Gasteiger partial charge in [-0.1, -0.05) is 58.9 Å². The van der Waals surface area contributed by atoms with Crippen molar-refractivity contribution in [2.45, 2.75) is 71.4 Å². The molecule has 0 saturated carbocycles. The van der Waals surface area contributed by atoms with Gasteiger partial charge in [-0.25, -0.2) is 28.1 Å². The lowest BCUT2D eigenvalue weighted by molar-refractivity contribution is 0.0505. The molecule has 1 fully saturated rings. The van der Waals surface area contributed by atoms with E-state index < -0.39 is 16.1 Å². The van der Waals surface area contributed by atoms with Crippen LogP contribution in [0.3, 0.4) is 0 Å². The molecule has 0 aliphatic carbocycles. The zero-order valence-corrected chi connectivity index (χ0v) is 30.3. The van der Waals surface area contributed by atoms with Crippen molar-refractivity contribution >= 4 is 27.6 Å². The van der Waals surface area contributed by atoms with Gasteiger partial charge in [0.15, 0.2) is 0 Å². The number of ether oxygens (including phenoxy) is 2. The molecule has 4 bridgehead atoms. The normalized spacial score (nSPS) is 18.1. The Morgan fingerprint density at radius 1 is 1.00 bits per heavy atom. The summed E-state index contributed by atoms with van der Waals surface area (Å²) in [7, 11) is -4.19. The molecule has 1 amide bonds. The number of aromatic nitrogens is 4. The van der Waals surface area contributed by atoms with Crippen molar-refractivity contribution in [3.8, 4) is 17.1 Å². The summed E-state index contributed by atoms with van der Waals surface area (Å²) in [6, 6.07) is 13.3. The quantitative estimate of drug-likeness (QED) is 0.261. The van der Waals surface area contributed by atoms with E-state index in [2.05, 4.69) is 64.2 Å². The number of anilines is 2. The van der Waals surface area contributed by atoms with Crippen LogP contribution in [0.5, 0.6) is 5.88 Å². The predicted octanol–water partition coefficient (Wildman–Crippen LogP) is 5.84. The van der Waals surface area contributed by atoms with Gasteiger partial charge in [0.1, 0.15) is 12.4 Å². The maximum Gasteiger partial charge on any atom is 0.264 e. The molecule has 1 N–H and O–H groups in total. The second-order valence-electron chi connectivity index (χ2n) is 14.4. The van der Waals surface area contributed by atoms with Gasteiger partial charge in [0.25, 0.3) is 15.9 Å². The van der Waals surface area contributed by atoms with Crippen LogP contribution in [0.2, 0.25) is 0 Å². The van der Waals surface area contributed by atoms with Gasteiger partial charge in [0, 0.05) is 30.3 Å². The molecule has 264 valence electrons. The van der Waals surface area contributed by atoms with Crippen LogP contribution >= 0.6 is 0 Å². The molecular formula is C37H45N7O5S. The van der Waals surface area contributed by atoms with Gasteiger partial charge >= 0.3 is 0 Å². The first kappa shape index (κ1) is 35.2. The van der Waals surface area contributed by atoms with Gasteiger partial charge in [0.05, 0.1) is 54.5 Å². The average Bonchev–Trinajstić information content (AvgIpc) is 3.08. The molecule has 4 aromatic rings. The van der Waals surface area contributed by atoms with Crippen LogP contribution < -0.4 is 14.4 Å². The monoisotopic (exact) mass is 699 g/mol. The second-order valence-corrected chi connectivity index (χ2v) is 16.0. The number of fused-ring (bicyclic) bond motifs is 4. The molecule has 50 heavy (non-hydrogen) atoms. The molecule has 13 heteroatoms. The SMILES string of the molecule is Cc1cccc(C(C)C)c1-c1cc2nc(n1)NS(=O)(=O)c1cccc(c1)C(=O)N(Cc1ncc(N3CCOCC3)cn1)C(CC(C)(C)C)CO2. The standard InChI is InChI=1S/C37H45N7O5S/c1-24(2)30-12-7-9-25(3)34(30)31-18-33-41-36(40-31)42-50(46,47)29-11-8-10-26(17-29)35(45)44(27(23-49-33)19-37(4,5)6)22-32-38-20-28(21-39-32)43-13-15-48-16-14-43/h7-12,17-18,20-21,24,27H,13-16,19,22-23H2,1-6H3,(H,40,41,42). The number of morpholine rings is 1. The number of hydrogen-bond acceptors (Lipinski definition) is 10. The fraction of sp³-hybridized carbons (Fsp3) is 0.432. The molecule has 6 rings (SSSR count). The van der Waals surface area contributed by atoms with Crippen LogP contribution in [-0.4, -0.2) is 78.1 Å². The molecule has 2 aromatic carbocycles. The maximum atomic E-state index is 14.5. The Bertz CT molecular complexity index is 1960. The van der Waals surface area contributed by atoms with Gasteiger partial charge in [0.2, 0.25) is 11.8 Å². The van der Waals surface area contributed by atoms with Gasteiger partial charge in [-0.15, -0.1) is 0 Å². The van der Waals surface area contributed by atoms with E-state index >= 15 is 0 Å². The highest BCUT2D eigenvalue weighted by molar-refractivity contribution is 7.92. The number of aryl methyl sites for hydroxylation is 1. The van der Waals surface area contributed by atoms with Crippen LogP contribution in [0.4, 0.5) is 11.6 Å². The third-order valence-corrected chi connectivity index (χ3v) is 10.2. The Balaban J connectivity index is 1.45. The number of amides is 1. The van der Waals surface area contributed by atoms with Crippen LogP contribution in [0.25, 0.3) is 11.3 Å². The van der Waals surface area contributed by atoms with E-state index in [1.54, 1.807) is 35.5 Å². The van der Waals surface area contributed by atoms with Crippen molar-refractivity contribution < 1.29 is 22.7 Å². The molecule has 1 saturated heterocycles. The lowest BCUT2D eigenvalue weighted by Crippen LogP contribution is -2.45. The molecule has 4 heterocycles. The van der Waals surface area contributed by atoms with Crippen molar-refractivity contribution in [2.75, 3.05) is 42.5 Å². The molecule has 2 aliphatic rings. The summed E-state index contributed by atoms with van der Waals surface area (Å²) in [5.41, 5.74) is 4.38. The van der Waals surface area contributed by atoms with E-state index in [1.165, 1.54) is 12.1 Å². The molecule has 2 aromatic heterocycles. The number of sulfonamides is 1. The zero-order valence-electron chi connectivity index (χ0n) is 29.5. The molecule has 1 atom stereocenters. The summed E-state index contributed by atoms with van der Waals surface area (Å²) < 4.78 is 42.0. The Morgan fingerprint density at radius 3 is 2.42 bits per heavy atom. The van der Waals surface area contributed by atoms with E-state index in [4.69, 9.17) is 9.47 Å². The highest BCUT2D eigenvalue weighted by Crippen LogP contribution is 2.34. The van der Waals surface area contributed by atoms with Gasteiger partial charge in [-0.3, -0.25) is 4.79 Å². The zero-order chi connectivity index (χ0) is 35.6. The number of nitrogens with one attached hydrogen (secondary N) is 1. The number of nitrogens with zero attached hydrogens (tertiary/aromatic N) is 6. The van der Waals surface area contributed by atoms with E-state index in [-0.39, 0.29) is 52.7 Å². The Morgan fingerprint density at radius 2 is 1.72 bits per heavy atom. The molecule has 1 unspecified atom stereocenters. The number of rotatable bonds is 6. The number of hydrogen-bond donors (Lipinski definition) is 1. The number of carbonyl (C=O) groups is 1. The lowest BCUT2D eigenvalue weighted by Gasteiger charge is -2.35. The lowest BCUT2D eigenvalue weighted by atomic mass is 9.87. The van der Waals surface area contributed by atoms with Crippen molar-refractivity contribution in [3.05, 3.63) is 83.4 Å². The first-order chi connectivity index (χ1) is 23.8. The Hall–Kier alpha value is -4.62. The Kier molecular flexibility index (Phi) is 10.1. The van der Waals surface area contributed by atoms with Crippen molar-refractivity contribution in [1.29, 1.82) is 0 Å². The summed E-state index contributed by atoms with van der Waals surface area (Å²) in [6.07, 6.45) is 4.11. The third kappa shape index (κ3) is 8.05. The van der Waals surface area contributed by atoms with Gasteiger partial charge in [-0.05, 0) is 54.0 Å². The van der Waals surface area contributed by atoms with Crippen LogP contribution in [0.15, 0.2) is 65.8 Å². The van der Waals surface area contributed by atoms with Crippen molar-refractivity contribution in [3.63, 3.8) is 0 Å². The highest BCUT2D eigenvalue weighted by Gasteiger charge is 2.32. The molecule has 12 nitrogen and oxygen atoms in total. The van der Waals surface area contributed by atoms with Gasteiger partial charge in [-0.2, -0.15) is 4.98 Å². The molecule has 0 radical (unpaired) electrons. The second kappa shape index (κ2) is 14.3. The minimum atomic E-state index is -4.19. The van der Waals surface area contributed by atoms with Crippen molar-refractivity contribution in [1.82, 2.24) is 24.8 Å². The molecular weight excluding hydrogens is 655 g/mol. The summed E-state index contributed by atoms with van der Waals surface area (Å²) >= 11 is 0. The average molecular weight is 700 g/mol. The Labute approximate surface area is 294 Å². The maximum absolute atomic E-state index is 14.5. The number of carbonyl (C=O) groups excluding carboxylic acids is 1. The summed E-state index contributed by atoms with van der Waals surface area (Å²) in [4.78, 5) is 36.7. The van der Waals surface area contributed by atoms with Crippen LogP contribution in [0, 0.1) is 12.3 Å². The summed E-state index contributed by atoms with van der Waals surface area (Å²) in [6.45, 7) is 15.5. The van der Waals surface area contributed by atoms with E-state index in [0.29, 0.717) is 31.2 Å². The van der Waals surface area contributed by atoms with Gasteiger partial charge < -0.3 is 19.3 Å². The third-order valence-electron chi connectivity index (χ3n) is 8.86. The fourth-order valence-electron chi connectivity index (χ4n) is 6.42. The predicted molar refractivity (Wildman–Crippen MR) is 192 cm³/mol. The molecule has 0 spiro atoms. The highest BCUT2D eigenvalue weighted by atomic mass is 32.2. The smallest absolute Gasteiger partial charge is 0.264 e. The summed E-state index contributed by atoms with van der Waals surface area (Å²) in [5, 5.41) is 0. The minimum Gasteiger partial charge on any atom is -0.475 e. The first-order valence-corrected chi connectivity index (χ1v) is 18.4. The van der Waals surface area contributed by atoms with Crippen molar-refractivity contribution in [2.24, 2.45) is 5.41 Å². The van der Waals surface area contributed by atoms with E-state index in [0.717, 1.165) is 35.5 Å². The van der Waals surface area contributed by atoms with E-state index in [9.17, 15) is 13.2 Å². The fourth-order valence-corrected chi connectivity index (χ4v) is 7.41. The largest absolute Gasteiger partial charge is 0.475 e. The minimum absolute atomic E-state index is 0.0853. The van der Waals surface area contributed by atoms with Crippen LogP contribution in [0.1, 0.15) is 74.3 Å². The summed E-state index contributed by atoms with van der Waals surface area (Å²) in [5.74, 6) is 0.344. The van der Waals surface area contributed by atoms with E-state index in [1.807, 2.05) is 25.1 Å². The van der Waals surface area contributed by atoms with Crippen LogP contribution in [-0.2, 0) is 21.3 Å².